The summed E-state index contributed by atoms with van der Waals surface area (Å²) in [5.41, 5.74) is 5.01. The highest BCUT2D eigenvalue weighted by molar-refractivity contribution is 6.74. The van der Waals surface area contributed by atoms with Crippen molar-refractivity contribution in [3.8, 4) is 16.8 Å². The van der Waals surface area contributed by atoms with Crippen LogP contribution in [0.25, 0.3) is 38.6 Å². The Balaban J connectivity index is 1.70. The number of rotatable bonds is 7. The van der Waals surface area contributed by atoms with Crippen LogP contribution in [0.15, 0.2) is 66.9 Å². The lowest BCUT2D eigenvalue weighted by Gasteiger charge is -2.47. The standard InChI is InChI=1S/C39H46FN3O4Si/c1-37(2,3)36(45)43-31-22-30-32(21-27(31)23-41-43)42(29-17-15-28(40)16-18-29)34(33(30)25-11-13-26(14-12-25)35(44)46-7)39(19-10-20-39)24-47-48(8,9)38(4,5)6/h11-18,21-23H,10,19-20,24H2,1-9H3. The van der Waals surface area contributed by atoms with Crippen molar-refractivity contribution in [3.63, 3.8) is 0 Å². The van der Waals surface area contributed by atoms with Gasteiger partial charge in [0.05, 0.1) is 29.9 Å². The van der Waals surface area contributed by atoms with Gasteiger partial charge in [0.25, 0.3) is 5.91 Å². The maximum atomic E-state index is 14.4. The van der Waals surface area contributed by atoms with Crippen LogP contribution < -0.4 is 0 Å². The quantitative estimate of drug-likeness (QED) is 0.128. The predicted octanol–water partition coefficient (Wildman–Crippen LogP) is 9.70. The molecule has 0 atom stereocenters. The summed E-state index contributed by atoms with van der Waals surface area (Å²) in [4.78, 5) is 26.0. The summed E-state index contributed by atoms with van der Waals surface area (Å²) in [5, 5.41) is 6.35. The van der Waals surface area contributed by atoms with E-state index in [9.17, 15) is 14.0 Å². The van der Waals surface area contributed by atoms with Crippen molar-refractivity contribution in [2.45, 2.75) is 84.4 Å². The van der Waals surface area contributed by atoms with Crippen molar-refractivity contribution in [2.24, 2.45) is 5.41 Å². The number of benzene rings is 3. The van der Waals surface area contributed by atoms with E-state index in [1.807, 2.05) is 45.0 Å². The molecule has 2 heterocycles. The van der Waals surface area contributed by atoms with Gasteiger partial charge in [-0.25, -0.2) is 9.18 Å². The number of hydrogen-bond donors (Lipinski definition) is 0. The number of carbonyl (C=O) groups is 2. The summed E-state index contributed by atoms with van der Waals surface area (Å²) >= 11 is 0. The highest BCUT2D eigenvalue weighted by Gasteiger charge is 2.47. The second-order valence-electron chi connectivity index (χ2n) is 15.8. The topological polar surface area (TPSA) is 75.3 Å². The fourth-order valence-corrected chi connectivity index (χ4v) is 7.49. The van der Waals surface area contributed by atoms with Crippen molar-refractivity contribution in [3.05, 3.63) is 83.9 Å². The molecular weight excluding hydrogens is 622 g/mol. The van der Waals surface area contributed by atoms with Gasteiger partial charge in [0.1, 0.15) is 5.82 Å². The van der Waals surface area contributed by atoms with E-state index >= 15 is 0 Å². The fraction of sp³-hybridized carbons (Fsp3) is 0.410. The van der Waals surface area contributed by atoms with Crippen molar-refractivity contribution < 1.29 is 23.1 Å². The van der Waals surface area contributed by atoms with Gasteiger partial charge in [-0.3, -0.25) is 4.79 Å². The highest BCUT2D eigenvalue weighted by Crippen LogP contribution is 2.53. The summed E-state index contributed by atoms with van der Waals surface area (Å²) in [6.07, 6.45) is 4.67. The number of nitrogens with zero attached hydrogens (tertiary/aromatic N) is 3. The Bertz CT molecular complexity index is 2020. The van der Waals surface area contributed by atoms with Crippen LogP contribution in [0.1, 0.15) is 81.7 Å². The minimum atomic E-state index is -2.12. The molecule has 0 unspecified atom stereocenters. The van der Waals surface area contributed by atoms with Gasteiger partial charge in [0, 0.05) is 45.2 Å². The number of methoxy groups -OCH3 is 1. The first kappa shape index (κ1) is 33.8. The number of halogens is 1. The lowest BCUT2D eigenvalue weighted by Crippen LogP contribution is -2.48. The Hall–Kier alpha value is -4.08. The van der Waals surface area contributed by atoms with Crippen LogP contribution in [-0.4, -0.2) is 48.3 Å². The molecule has 0 spiro atoms. The summed E-state index contributed by atoms with van der Waals surface area (Å²) in [6, 6.07) is 18.3. The third-order valence-corrected chi connectivity index (χ3v) is 15.0. The smallest absolute Gasteiger partial charge is 0.337 e. The third kappa shape index (κ3) is 5.70. The molecule has 7 nitrogen and oxygen atoms in total. The molecule has 5 aromatic rings. The Labute approximate surface area is 283 Å². The third-order valence-electron chi connectivity index (χ3n) is 10.5. The normalized spacial score (nSPS) is 15.1. The van der Waals surface area contributed by atoms with Crippen molar-refractivity contribution in [1.82, 2.24) is 14.3 Å². The lowest BCUT2D eigenvalue weighted by molar-refractivity contribution is 0.0600. The predicted molar refractivity (Wildman–Crippen MR) is 192 cm³/mol. The van der Waals surface area contributed by atoms with Gasteiger partial charge < -0.3 is 13.7 Å². The Morgan fingerprint density at radius 3 is 2.12 bits per heavy atom. The van der Waals surface area contributed by atoms with Crippen LogP contribution in [0.5, 0.6) is 0 Å². The van der Waals surface area contributed by atoms with Crippen LogP contribution in [0.4, 0.5) is 4.39 Å². The van der Waals surface area contributed by atoms with E-state index in [4.69, 9.17) is 9.16 Å². The number of carbonyl (C=O) groups excluding carboxylic acids is 2. The molecule has 0 amide bonds. The van der Waals surface area contributed by atoms with Gasteiger partial charge in [0.15, 0.2) is 8.32 Å². The summed E-state index contributed by atoms with van der Waals surface area (Å²) < 4.78 is 30.1. The Morgan fingerprint density at radius 1 is 0.938 bits per heavy atom. The lowest BCUT2D eigenvalue weighted by atomic mass is 9.65. The van der Waals surface area contributed by atoms with Crippen LogP contribution in [0.2, 0.25) is 18.1 Å². The molecule has 1 fully saturated rings. The van der Waals surface area contributed by atoms with Crippen molar-refractivity contribution in [2.75, 3.05) is 13.7 Å². The number of fused-ring (bicyclic) bond motifs is 2. The molecule has 0 radical (unpaired) electrons. The molecular formula is C39H46FN3O4Si. The fourth-order valence-electron chi connectivity index (χ4n) is 6.42. The number of hydrogen-bond acceptors (Lipinski definition) is 5. The molecule has 9 heteroatoms. The van der Waals surface area contributed by atoms with E-state index in [2.05, 4.69) is 55.7 Å². The van der Waals surface area contributed by atoms with E-state index in [0.717, 1.165) is 63.6 Å². The average Bonchev–Trinajstić information content (AvgIpc) is 3.57. The van der Waals surface area contributed by atoms with Crippen molar-refractivity contribution >= 4 is 42.0 Å². The molecule has 0 N–H and O–H groups in total. The van der Waals surface area contributed by atoms with Gasteiger partial charge in [-0.1, -0.05) is 60.1 Å². The zero-order valence-corrected chi connectivity index (χ0v) is 30.5. The zero-order valence-electron chi connectivity index (χ0n) is 29.5. The van der Waals surface area contributed by atoms with Crippen LogP contribution in [0.3, 0.4) is 0 Å². The molecule has 1 aliphatic carbocycles. The first-order chi connectivity index (χ1) is 22.5. The van der Waals surface area contributed by atoms with Gasteiger partial charge in [-0.2, -0.15) is 9.78 Å². The van der Waals surface area contributed by atoms with Crippen LogP contribution >= 0.6 is 0 Å². The molecule has 1 aliphatic rings. The molecule has 48 heavy (non-hydrogen) atoms. The number of esters is 1. The molecule has 0 aliphatic heterocycles. The van der Waals surface area contributed by atoms with Gasteiger partial charge >= 0.3 is 5.97 Å². The van der Waals surface area contributed by atoms with Crippen LogP contribution in [-0.2, 0) is 14.6 Å². The molecule has 2 aromatic heterocycles. The minimum absolute atomic E-state index is 0.0390. The first-order valence-corrected chi connectivity index (χ1v) is 19.6. The largest absolute Gasteiger partial charge is 0.465 e. The second kappa shape index (κ2) is 11.8. The molecule has 0 bridgehead atoms. The molecule has 3 aromatic carbocycles. The maximum absolute atomic E-state index is 14.4. The summed E-state index contributed by atoms with van der Waals surface area (Å²) in [7, 11) is -0.744. The average molecular weight is 668 g/mol. The van der Waals surface area contributed by atoms with Gasteiger partial charge in [-0.15, -0.1) is 0 Å². The second-order valence-corrected chi connectivity index (χ2v) is 20.6. The van der Waals surface area contributed by atoms with E-state index in [-0.39, 0.29) is 22.2 Å². The minimum Gasteiger partial charge on any atom is -0.465 e. The monoisotopic (exact) mass is 667 g/mol. The first-order valence-electron chi connectivity index (χ1n) is 16.7. The van der Waals surface area contributed by atoms with E-state index in [1.54, 1.807) is 18.3 Å². The van der Waals surface area contributed by atoms with Gasteiger partial charge in [0.2, 0.25) is 0 Å². The van der Waals surface area contributed by atoms with E-state index < -0.39 is 19.7 Å². The van der Waals surface area contributed by atoms with E-state index in [0.29, 0.717) is 12.2 Å². The molecule has 6 rings (SSSR count). The summed E-state index contributed by atoms with van der Waals surface area (Å²) in [6.45, 7) is 17.6. The SMILES string of the molecule is COC(=O)c1ccc(-c2c(C3(CO[Si](C)(C)C(C)(C)C)CCC3)n(-c3ccc(F)cc3)c3cc4cnn(C(=O)C(C)(C)C)c4cc23)cc1. The van der Waals surface area contributed by atoms with Crippen molar-refractivity contribution in [1.29, 1.82) is 0 Å². The van der Waals surface area contributed by atoms with E-state index in [1.165, 1.54) is 23.9 Å². The highest BCUT2D eigenvalue weighted by atomic mass is 28.4. The van der Waals surface area contributed by atoms with Crippen LogP contribution in [0, 0.1) is 11.2 Å². The summed E-state index contributed by atoms with van der Waals surface area (Å²) in [5.74, 6) is -0.809. The Morgan fingerprint density at radius 2 is 1.58 bits per heavy atom. The van der Waals surface area contributed by atoms with Gasteiger partial charge in [-0.05, 0) is 85.1 Å². The molecule has 1 saturated carbocycles. The molecule has 252 valence electrons. The number of aromatic nitrogens is 3. The zero-order chi connectivity index (χ0) is 34.8. The number of ether oxygens (including phenoxy) is 1. The Kier molecular flexibility index (Phi) is 8.31. The maximum Gasteiger partial charge on any atom is 0.337 e. The molecule has 0 saturated heterocycles.